The first-order valence-electron chi connectivity index (χ1n) is 11.6. The Morgan fingerprint density at radius 1 is 1.12 bits per heavy atom. The largest absolute Gasteiger partial charge is 0.496 e. The Bertz CT molecular complexity index is 1070. The smallest absolute Gasteiger partial charge is 0.262 e. The van der Waals surface area contributed by atoms with E-state index in [4.69, 9.17) is 9.47 Å². The normalized spacial score (nSPS) is 17.8. The van der Waals surface area contributed by atoms with E-state index in [0.29, 0.717) is 36.6 Å². The standard InChI is InChI=1S/C26H30FN3O4/c1-33-15-14-29(26(32)18-8-7-9-18)17-25(31)30-23(20-11-4-6-13-24(20)34-2)16-22(28-30)19-10-3-5-12-21(19)27/h3-6,10-13,18,23H,7-9,14-17H2,1-2H3/t23-/m1/s1. The van der Waals surface area contributed by atoms with Crippen LogP contribution >= 0.6 is 0 Å². The van der Waals surface area contributed by atoms with Crippen molar-refractivity contribution in [2.24, 2.45) is 11.0 Å². The third kappa shape index (κ3) is 4.97. The number of rotatable bonds is 9. The molecule has 1 saturated carbocycles. The number of methoxy groups -OCH3 is 2. The molecule has 34 heavy (non-hydrogen) atoms. The van der Waals surface area contributed by atoms with Gasteiger partial charge in [-0.2, -0.15) is 5.10 Å². The van der Waals surface area contributed by atoms with Crippen molar-refractivity contribution < 1.29 is 23.5 Å². The molecule has 0 bridgehead atoms. The number of ether oxygens (including phenoxy) is 2. The average Bonchev–Trinajstić information content (AvgIpc) is 3.26. The summed E-state index contributed by atoms with van der Waals surface area (Å²) in [6.45, 7) is 0.554. The first-order valence-corrected chi connectivity index (χ1v) is 11.6. The van der Waals surface area contributed by atoms with Crippen LogP contribution in [0.3, 0.4) is 0 Å². The van der Waals surface area contributed by atoms with Crippen LogP contribution in [-0.4, -0.2) is 61.4 Å². The fourth-order valence-corrected chi connectivity index (χ4v) is 4.40. The number of benzene rings is 2. The first kappa shape index (κ1) is 23.9. The molecular weight excluding hydrogens is 437 g/mol. The van der Waals surface area contributed by atoms with Crippen molar-refractivity contribution in [2.75, 3.05) is 33.9 Å². The quantitative estimate of drug-likeness (QED) is 0.563. The van der Waals surface area contributed by atoms with Crippen molar-refractivity contribution in [3.05, 3.63) is 65.5 Å². The lowest BCUT2D eigenvalue weighted by Gasteiger charge is -2.32. The van der Waals surface area contributed by atoms with Crippen LogP contribution in [0, 0.1) is 11.7 Å². The van der Waals surface area contributed by atoms with Crippen LogP contribution in [0.1, 0.15) is 42.9 Å². The second kappa shape index (κ2) is 10.8. The Labute approximate surface area is 199 Å². The van der Waals surface area contributed by atoms with Gasteiger partial charge < -0.3 is 14.4 Å². The molecule has 0 unspecified atom stereocenters. The van der Waals surface area contributed by atoms with Crippen molar-refractivity contribution in [1.82, 2.24) is 9.91 Å². The Balaban J connectivity index is 1.64. The molecule has 8 heteroatoms. The van der Waals surface area contributed by atoms with Crippen molar-refractivity contribution >= 4 is 17.5 Å². The summed E-state index contributed by atoms with van der Waals surface area (Å²) in [4.78, 5) is 28.1. The minimum absolute atomic E-state index is 0.0250. The molecule has 180 valence electrons. The second-order valence-electron chi connectivity index (χ2n) is 8.61. The molecule has 1 heterocycles. The van der Waals surface area contributed by atoms with E-state index < -0.39 is 11.9 Å². The molecule has 0 aromatic heterocycles. The molecule has 0 spiro atoms. The molecule has 1 aliphatic carbocycles. The highest BCUT2D eigenvalue weighted by molar-refractivity contribution is 6.03. The molecular formula is C26H30FN3O4. The molecule has 7 nitrogen and oxygen atoms in total. The summed E-state index contributed by atoms with van der Waals surface area (Å²) in [7, 11) is 3.14. The summed E-state index contributed by atoms with van der Waals surface area (Å²) in [6.07, 6.45) is 3.06. The van der Waals surface area contributed by atoms with Crippen LogP contribution in [0.4, 0.5) is 4.39 Å². The van der Waals surface area contributed by atoms with Gasteiger partial charge in [0.2, 0.25) is 5.91 Å². The predicted octanol–water partition coefficient (Wildman–Crippen LogP) is 3.79. The zero-order chi connectivity index (χ0) is 24.1. The molecule has 0 radical (unpaired) electrons. The third-order valence-electron chi connectivity index (χ3n) is 6.51. The lowest BCUT2D eigenvalue weighted by atomic mass is 9.84. The van der Waals surface area contributed by atoms with Gasteiger partial charge >= 0.3 is 0 Å². The molecule has 4 rings (SSSR count). The van der Waals surface area contributed by atoms with E-state index in [9.17, 15) is 14.0 Å². The Morgan fingerprint density at radius 2 is 1.85 bits per heavy atom. The number of hydrogen-bond acceptors (Lipinski definition) is 5. The molecule has 0 N–H and O–H groups in total. The Morgan fingerprint density at radius 3 is 2.53 bits per heavy atom. The van der Waals surface area contributed by atoms with Gasteiger partial charge in [0.1, 0.15) is 18.1 Å². The lowest BCUT2D eigenvalue weighted by Crippen LogP contribution is -2.46. The topological polar surface area (TPSA) is 71.4 Å². The Kier molecular flexibility index (Phi) is 7.57. The van der Waals surface area contributed by atoms with Crippen LogP contribution in [0.15, 0.2) is 53.6 Å². The molecule has 2 aliphatic rings. The maximum atomic E-state index is 14.6. The molecule has 1 atom stereocenters. The van der Waals surface area contributed by atoms with E-state index in [1.807, 2.05) is 24.3 Å². The summed E-state index contributed by atoms with van der Waals surface area (Å²) in [6, 6.07) is 13.4. The fraction of sp³-hybridized carbons (Fsp3) is 0.423. The number of carbonyl (C=O) groups is 2. The molecule has 1 aliphatic heterocycles. The highest BCUT2D eigenvalue weighted by Gasteiger charge is 2.37. The minimum Gasteiger partial charge on any atom is -0.496 e. The van der Waals surface area contributed by atoms with E-state index >= 15 is 0 Å². The Hall–Kier alpha value is -3.26. The zero-order valence-corrected chi connectivity index (χ0v) is 19.6. The molecule has 2 aromatic rings. The highest BCUT2D eigenvalue weighted by Crippen LogP contribution is 2.38. The number of amides is 2. The summed E-state index contributed by atoms with van der Waals surface area (Å²) in [5, 5.41) is 5.94. The molecule has 2 amide bonds. The number of hydrogen-bond donors (Lipinski definition) is 0. The van der Waals surface area contributed by atoms with E-state index in [1.165, 1.54) is 11.1 Å². The maximum absolute atomic E-state index is 14.6. The van der Waals surface area contributed by atoms with Crippen molar-refractivity contribution in [1.29, 1.82) is 0 Å². The van der Waals surface area contributed by atoms with Gasteiger partial charge in [0.15, 0.2) is 0 Å². The summed E-state index contributed by atoms with van der Waals surface area (Å²) in [5.74, 6) is -0.159. The second-order valence-corrected chi connectivity index (χ2v) is 8.61. The highest BCUT2D eigenvalue weighted by atomic mass is 19.1. The first-order chi connectivity index (χ1) is 16.5. The summed E-state index contributed by atoms with van der Waals surface area (Å²) in [5.41, 5.74) is 1.62. The van der Waals surface area contributed by atoms with E-state index in [1.54, 1.807) is 37.3 Å². The van der Waals surface area contributed by atoms with Crippen LogP contribution < -0.4 is 4.74 Å². The zero-order valence-electron chi connectivity index (χ0n) is 19.6. The molecule has 2 aromatic carbocycles. The fourth-order valence-electron chi connectivity index (χ4n) is 4.40. The summed E-state index contributed by atoms with van der Waals surface area (Å²) >= 11 is 0. The van der Waals surface area contributed by atoms with Gasteiger partial charge in [-0.15, -0.1) is 0 Å². The molecule has 1 fully saturated rings. The van der Waals surface area contributed by atoms with E-state index in [0.717, 1.165) is 24.8 Å². The number of carbonyl (C=O) groups excluding carboxylic acids is 2. The van der Waals surface area contributed by atoms with Gasteiger partial charge in [-0.05, 0) is 25.0 Å². The van der Waals surface area contributed by atoms with Crippen LogP contribution in [-0.2, 0) is 14.3 Å². The number of nitrogens with zero attached hydrogens (tertiary/aromatic N) is 3. The van der Waals surface area contributed by atoms with Gasteiger partial charge in [0.05, 0.1) is 25.5 Å². The van der Waals surface area contributed by atoms with Gasteiger partial charge in [-0.3, -0.25) is 9.59 Å². The van der Waals surface area contributed by atoms with Gasteiger partial charge in [0.25, 0.3) is 5.91 Å². The van der Waals surface area contributed by atoms with Crippen LogP contribution in [0.25, 0.3) is 0 Å². The minimum atomic E-state index is -0.471. The van der Waals surface area contributed by atoms with Crippen molar-refractivity contribution in [3.63, 3.8) is 0 Å². The van der Waals surface area contributed by atoms with Crippen LogP contribution in [0.2, 0.25) is 0 Å². The van der Waals surface area contributed by atoms with Gasteiger partial charge in [-0.25, -0.2) is 9.40 Å². The number of para-hydroxylation sites is 1. The van der Waals surface area contributed by atoms with E-state index in [2.05, 4.69) is 5.10 Å². The monoisotopic (exact) mass is 467 g/mol. The number of hydrazone groups is 1. The van der Waals surface area contributed by atoms with Crippen LogP contribution in [0.5, 0.6) is 5.75 Å². The lowest BCUT2D eigenvalue weighted by molar-refractivity contribution is -0.146. The van der Waals surface area contributed by atoms with Gasteiger partial charge in [-0.1, -0.05) is 42.8 Å². The summed E-state index contributed by atoms with van der Waals surface area (Å²) < 4.78 is 25.3. The predicted molar refractivity (Wildman–Crippen MR) is 126 cm³/mol. The number of halogens is 1. The molecule has 0 saturated heterocycles. The SMILES string of the molecule is COCCN(CC(=O)N1N=C(c2ccccc2F)C[C@@H]1c1ccccc1OC)C(=O)C1CCC1. The third-order valence-corrected chi connectivity index (χ3v) is 6.51. The van der Waals surface area contributed by atoms with Gasteiger partial charge in [0, 0.05) is 37.1 Å². The van der Waals surface area contributed by atoms with Crippen molar-refractivity contribution in [2.45, 2.75) is 31.7 Å². The van der Waals surface area contributed by atoms with E-state index in [-0.39, 0.29) is 24.3 Å². The van der Waals surface area contributed by atoms with Crippen molar-refractivity contribution in [3.8, 4) is 5.75 Å². The maximum Gasteiger partial charge on any atom is 0.262 e. The average molecular weight is 468 g/mol.